The molecule has 2 N–H and O–H groups in total. The van der Waals surface area contributed by atoms with Gasteiger partial charge in [-0.2, -0.15) is 0 Å². The number of amides is 1. The Morgan fingerprint density at radius 2 is 2.38 bits per heavy atom. The van der Waals surface area contributed by atoms with Gasteiger partial charge < -0.3 is 20.7 Å². The first-order chi connectivity index (χ1) is 7.56. The van der Waals surface area contributed by atoms with E-state index < -0.39 is 4.92 Å². The summed E-state index contributed by atoms with van der Waals surface area (Å²) in [5.41, 5.74) is 0. The number of aryl methyl sites for hydroxylation is 1. The zero-order valence-electron chi connectivity index (χ0n) is 9.06. The van der Waals surface area contributed by atoms with Gasteiger partial charge in [0.25, 0.3) is 0 Å². The third-order valence-corrected chi connectivity index (χ3v) is 1.88. The highest BCUT2D eigenvalue weighted by Crippen LogP contribution is 2.20. The Kier molecular flexibility index (Phi) is 3.81. The molecule has 0 radical (unpaired) electrons. The van der Waals surface area contributed by atoms with Crippen molar-refractivity contribution in [2.45, 2.75) is 6.92 Å². The molecule has 0 spiro atoms. The van der Waals surface area contributed by atoms with E-state index >= 15 is 0 Å². The Bertz CT molecular complexity index is 400. The Morgan fingerprint density at radius 3 is 2.94 bits per heavy atom. The summed E-state index contributed by atoms with van der Waals surface area (Å²) >= 11 is 0. The van der Waals surface area contributed by atoms with Crippen LogP contribution in [0.15, 0.2) is 6.33 Å². The van der Waals surface area contributed by atoms with Crippen molar-refractivity contribution in [1.82, 2.24) is 14.9 Å². The summed E-state index contributed by atoms with van der Waals surface area (Å²) in [6.07, 6.45) is 1.32. The maximum Gasteiger partial charge on any atom is 0.406 e. The highest BCUT2D eigenvalue weighted by atomic mass is 16.6. The van der Waals surface area contributed by atoms with Crippen LogP contribution < -0.4 is 10.6 Å². The topological polar surface area (TPSA) is 102 Å². The van der Waals surface area contributed by atoms with Gasteiger partial charge in [0.1, 0.15) is 0 Å². The number of nitrogens with zero attached hydrogens (tertiary/aromatic N) is 3. The third kappa shape index (κ3) is 2.69. The number of likely N-dealkylation sites (N-methyl/N-ethyl adjacent to an activating group) is 1. The Labute approximate surface area is 91.8 Å². The standard InChI is InChI=1S/C8H13N5O3/c1-3-9-6(14)4-10-7-8(13(15)16)11-5-12(7)2/h5,10H,3-4H2,1-2H3,(H,9,14). The minimum Gasteiger partial charge on any atom is -0.358 e. The highest BCUT2D eigenvalue weighted by Gasteiger charge is 2.19. The van der Waals surface area contributed by atoms with Gasteiger partial charge in [0.05, 0.1) is 6.54 Å². The minimum atomic E-state index is -0.597. The highest BCUT2D eigenvalue weighted by molar-refractivity contribution is 5.80. The molecule has 88 valence electrons. The fourth-order valence-electron chi connectivity index (χ4n) is 1.18. The van der Waals surface area contributed by atoms with E-state index in [4.69, 9.17) is 0 Å². The van der Waals surface area contributed by atoms with E-state index in [2.05, 4.69) is 15.6 Å². The molecule has 0 aromatic carbocycles. The second-order valence-corrected chi connectivity index (χ2v) is 3.09. The van der Waals surface area contributed by atoms with Crippen LogP contribution in [0, 0.1) is 10.1 Å². The molecule has 1 heterocycles. The second kappa shape index (κ2) is 5.10. The summed E-state index contributed by atoms with van der Waals surface area (Å²) in [5, 5.41) is 15.8. The molecule has 1 aromatic heterocycles. The maximum absolute atomic E-state index is 11.2. The Morgan fingerprint density at radius 1 is 1.69 bits per heavy atom. The SMILES string of the molecule is CCNC(=O)CNc1c([N+](=O)[O-])ncn1C. The molecule has 0 aliphatic rings. The summed E-state index contributed by atoms with van der Waals surface area (Å²) in [6, 6.07) is 0. The first-order valence-corrected chi connectivity index (χ1v) is 4.72. The molecular formula is C8H13N5O3. The fourth-order valence-corrected chi connectivity index (χ4v) is 1.18. The summed E-state index contributed by atoms with van der Waals surface area (Å²) in [6.45, 7) is 2.30. The molecule has 0 saturated heterocycles. The number of rotatable bonds is 5. The number of aromatic nitrogens is 2. The number of nitro groups is 1. The number of hydrogen-bond donors (Lipinski definition) is 2. The quantitative estimate of drug-likeness (QED) is 0.539. The number of carbonyl (C=O) groups is 1. The van der Waals surface area contributed by atoms with Crippen molar-refractivity contribution in [2.75, 3.05) is 18.4 Å². The van der Waals surface area contributed by atoms with Crippen LogP contribution in [0.5, 0.6) is 0 Å². The Balaban J connectivity index is 2.69. The van der Waals surface area contributed by atoms with Crippen LogP contribution in [0.25, 0.3) is 0 Å². The number of carbonyl (C=O) groups excluding carboxylic acids is 1. The van der Waals surface area contributed by atoms with Crippen LogP contribution in [-0.2, 0) is 11.8 Å². The van der Waals surface area contributed by atoms with E-state index in [-0.39, 0.29) is 24.1 Å². The van der Waals surface area contributed by atoms with Crippen molar-refractivity contribution in [1.29, 1.82) is 0 Å². The van der Waals surface area contributed by atoms with Crippen molar-refractivity contribution in [3.05, 3.63) is 16.4 Å². The van der Waals surface area contributed by atoms with Gasteiger partial charge in [-0.05, 0) is 16.8 Å². The predicted molar refractivity (Wildman–Crippen MR) is 57.0 cm³/mol. The molecule has 1 aromatic rings. The monoisotopic (exact) mass is 227 g/mol. The molecule has 1 amide bonds. The molecule has 1 rings (SSSR count). The maximum atomic E-state index is 11.2. The molecule has 8 heteroatoms. The minimum absolute atomic E-state index is 0.0196. The average molecular weight is 227 g/mol. The van der Waals surface area contributed by atoms with E-state index in [1.54, 1.807) is 14.0 Å². The van der Waals surface area contributed by atoms with Gasteiger partial charge in [-0.25, -0.2) is 0 Å². The van der Waals surface area contributed by atoms with Crippen LogP contribution >= 0.6 is 0 Å². The first kappa shape index (κ1) is 12.0. The van der Waals surface area contributed by atoms with Crippen molar-refractivity contribution in [3.63, 3.8) is 0 Å². The van der Waals surface area contributed by atoms with Crippen molar-refractivity contribution in [2.24, 2.45) is 7.05 Å². The molecule has 8 nitrogen and oxygen atoms in total. The van der Waals surface area contributed by atoms with Gasteiger partial charge in [0.2, 0.25) is 18.1 Å². The van der Waals surface area contributed by atoms with Gasteiger partial charge in [0, 0.05) is 13.6 Å². The molecular weight excluding hydrogens is 214 g/mol. The fraction of sp³-hybridized carbons (Fsp3) is 0.500. The number of nitrogens with one attached hydrogen (secondary N) is 2. The van der Waals surface area contributed by atoms with E-state index in [0.717, 1.165) is 0 Å². The molecule has 0 aliphatic heterocycles. The van der Waals surface area contributed by atoms with Crippen LogP contribution in [0.2, 0.25) is 0 Å². The van der Waals surface area contributed by atoms with Crippen LogP contribution in [0.1, 0.15) is 6.92 Å². The van der Waals surface area contributed by atoms with Gasteiger partial charge in [-0.3, -0.25) is 9.36 Å². The van der Waals surface area contributed by atoms with Crippen molar-refractivity contribution < 1.29 is 9.72 Å². The molecule has 0 bridgehead atoms. The number of imidazole rings is 1. The normalized spacial score (nSPS) is 9.88. The van der Waals surface area contributed by atoms with E-state index in [0.29, 0.717) is 6.54 Å². The molecule has 16 heavy (non-hydrogen) atoms. The van der Waals surface area contributed by atoms with Gasteiger partial charge in [-0.1, -0.05) is 0 Å². The lowest BCUT2D eigenvalue weighted by atomic mass is 10.5. The summed E-state index contributed by atoms with van der Waals surface area (Å²) in [5.74, 6) is -0.291. The summed E-state index contributed by atoms with van der Waals surface area (Å²) in [7, 11) is 1.61. The lowest BCUT2D eigenvalue weighted by Gasteiger charge is -2.05. The van der Waals surface area contributed by atoms with Crippen LogP contribution in [-0.4, -0.2) is 33.5 Å². The lowest BCUT2D eigenvalue weighted by molar-refractivity contribution is -0.388. The summed E-state index contributed by atoms with van der Waals surface area (Å²) in [4.78, 5) is 24.8. The van der Waals surface area contributed by atoms with E-state index in [9.17, 15) is 14.9 Å². The zero-order valence-corrected chi connectivity index (χ0v) is 9.06. The van der Waals surface area contributed by atoms with Crippen LogP contribution in [0.3, 0.4) is 0 Å². The molecule has 0 unspecified atom stereocenters. The zero-order chi connectivity index (χ0) is 12.1. The number of anilines is 1. The van der Waals surface area contributed by atoms with E-state index in [1.807, 2.05) is 0 Å². The molecule has 0 aliphatic carbocycles. The second-order valence-electron chi connectivity index (χ2n) is 3.09. The summed E-state index contributed by atoms with van der Waals surface area (Å²) < 4.78 is 1.46. The van der Waals surface area contributed by atoms with Crippen molar-refractivity contribution >= 4 is 17.5 Å². The lowest BCUT2D eigenvalue weighted by Crippen LogP contribution is -2.30. The smallest absolute Gasteiger partial charge is 0.358 e. The van der Waals surface area contributed by atoms with E-state index in [1.165, 1.54) is 10.9 Å². The molecule has 0 atom stereocenters. The van der Waals surface area contributed by atoms with Crippen molar-refractivity contribution in [3.8, 4) is 0 Å². The predicted octanol–water partition coefficient (Wildman–Crippen LogP) is -0.124. The van der Waals surface area contributed by atoms with Gasteiger partial charge in [-0.15, -0.1) is 0 Å². The van der Waals surface area contributed by atoms with Crippen LogP contribution in [0.4, 0.5) is 11.6 Å². The molecule has 0 fully saturated rings. The third-order valence-electron chi connectivity index (χ3n) is 1.88. The van der Waals surface area contributed by atoms with Gasteiger partial charge in [0.15, 0.2) is 0 Å². The number of hydrogen-bond acceptors (Lipinski definition) is 5. The average Bonchev–Trinajstić information content (AvgIpc) is 2.57. The molecule has 0 saturated carbocycles. The van der Waals surface area contributed by atoms with Gasteiger partial charge >= 0.3 is 5.82 Å². The largest absolute Gasteiger partial charge is 0.406 e. The Hall–Kier alpha value is -2.12. The first-order valence-electron chi connectivity index (χ1n) is 4.72.